The third-order valence-electron chi connectivity index (χ3n) is 4.67. The van der Waals surface area contributed by atoms with Gasteiger partial charge in [-0.2, -0.15) is 8.78 Å². The molecule has 10 heteroatoms. The molecule has 0 saturated heterocycles. The molecule has 0 fully saturated rings. The Morgan fingerprint density at radius 1 is 0.939 bits per heavy atom. The maximum Gasteiger partial charge on any atom is 0.387 e. The number of sulfonamides is 1. The number of carbonyl (C=O) groups is 1. The summed E-state index contributed by atoms with van der Waals surface area (Å²) in [5.41, 5.74) is 1.40. The first-order valence-electron chi connectivity index (χ1n) is 9.74. The van der Waals surface area contributed by atoms with Gasteiger partial charge in [0.25, 0.3) is 15.9 Å². The molecule has 0 aliphatic rings. The van der Waals surface area contributed by atoms with Crippen molar-refractivity contribution >= 4 is 21.6 Å². The molecule has 0 atom stereocenters. The molecule has 3 rings (SSSR count). The molecule has 1 amide bonds. The summed E-state index contributed by atoms with van der Waals surface area (Å²) in [6.07, 6.45) is 0. The molecule has 0 aliphatic heterocycles. The summed E-state index contributed by atoms with van der Waals surface area (Å²) in [6, 6.07) is 18.0. The highest BCUT2D eigenvalue weighted by Crippen LogP contribution is 2.21. The van der Waals surface area contributed by atoms with Crippen LogP contribution in [-0.4, -0.2) is 40.0 Å². The van der Waals surface area contributed by atoms with Crippen molar-refractivity contribution in [2.24, 2.45) is 0 Å². The number of ether oxygens (including phenoxy) is 2. The summed E-state index contributed by atoms with van der Waals surface area (Å²) in [6.45, 7) is -2.68. The van der Waals surface area contributed by atoms with Crippen LogP contribution in [0.1, 0.15) is 15.9 Å². The average molecular weight is 477 g/mol. The number of rotatable bonds is 9. The van der Waals surface area contributed by atoms with Crippen molar-refractivity contribution in [2.75, 3.05) is 18.9 Å². The predicted molar refractivity (Wildman–Crippen MR) is 119 cm³/mol. The second-order valence-corrected chi connectivity index (χ2v) is 8.72. The summed E-state index contributed by atoms with van der Waals surface area (Å²) in [5, 5.41) is 0. The van der Waals surface area contributed by atoms with Crippen molar-refractivity contribution in [3.63, 3.8) is 0 Å². The van der Waals surface area contributed by atoms with E-state index in [-0.39, 0.29) is 23.1 Å². The molecule has 1 N–H and O–H groups in total. The van der Waals surface area contributed by atoms with Gasteiger partial charge in [0.1, 0.15) is 11.5 Å². The van der Waals surface area contributed by atoms with Gasteiger partial charge in [-0.1, -0.05) is 12.1 Å². The monoisotopic (exact) mass is 476 g/mol. The Morgan fingerprint density at radius 3 is 2.06 bits per heavy atom. The number of nitrogens with zero attached hydrogens (tertiary/aromatic N) is 1. The maximum atomic E-state index is 12.7. The number of hydrogen-bond acceptors (Lipinski definition) is 5. The molecule has 0 aliphatic carbocycles. The van der Waals surface area contributed by atoms with Gasteiger partial charge in [-0.05, 0) is 66.2 Å². The summed E-state index contributed by atoms with van der Waals surface area (Å²) in [7, 11) is -0.738. The van der Waals surface area contributed by atoms with Crippen molar-refractivity contribution in [3.05, 3.63) is 83.9 Å². The predicted octanol–water partition coefficient (Wildman–Crippen LogP) is 4.37. The zero-order chi connectivity index (χ0) is 24.0. The Kier molecular flexibility index (Phi) is 7.49. The molecular weight excluding hydrogens is 454 g/mol. The van der Waals surface area contributed by atoms with Gasteiger partial charge >= 0.3 is 6.61 Å². The molecule has 0 unspecified atom stereocenters. The van der Waals surface area contributed by atoms with Crippen molar-refractivity contribution in [1.82, 2.24) is 4.90 Å². The zero-order valence-corrected chi connectivity index (χ0v) is 18.7. The van der Waals surface area contributed by atoms with Crippen LogP contribution in [0.3, 0.4) is 0 Å². The number of halogens is 2. The molecule has 3 aromatic carbocycles. The van der Waals surface area contributed by atoms with Crippen LogP contribution in [-0.2, 0) is 16.6 Å². The Hall–Kier alpha value is -3.66. The first-order valence-corrected chi connectivity index (χ1v) is 11.2. The number of alkyl halides is 2. The Bertz CT molecular complexity index is 1180. The van der Waals surface area contributed by atoms with Gasteiger partial charge in [0.2, 0.25) is 0 Å². The van der Waals surface area contributed by atoms with E-state index in [0.717, 1.165) is 5.56 Å². The summed E-state index contributed by atoms with van der Waals surface area (Å²) >= 11 is 0. The Labute approximate surface area is 190 Å². The molecule has 0 aromatic heterocycles. The van der Waals surface area contributed by atoms with E-state index in [0.29, 0.717) is 17.0 Å². The Morgan fingerprint density at radius 2 is 1.52 bits per heavy atom. The second kappa shape index (κ2) is 10.3. The van der Waals surface area contributed by atoms with E-state index < -0.39 is 16.6 Å². The van der Waals surface area contributed by atoms with Crippen LogP contribution in [0.4, 0.5) is 14.5 Å². The third kappa shape index (κ3) is 6.42. The SMILES string of the molecule is COc1ccc(NS(=O)(=O)c2ccc(C(=O)N(C)Cc3ccc(OC(F)F)cc3)cc2)cc1. The van der Waals surface area contributed by atoms with Crippen molar-refractivity contribution in [3.8, 4) is 11.5 Å². The molecule has 0 spiro atoms. The molecule has 0 bridgehead atoms. The minimum Gasteiger partial charge on any atom is -0.497 e. The first kappa shape index (κ1) is 24.0. The fourth-order valence-corrected chi connectivity index (χ4v) is 4.05. The van der Waals surface area contributed by atoms with Crippen LogP contribution >= 0.6 is 0 Å². The van der Waals surface area contributed by atoms with Crippen LogP contribution < -0.4 is 14.2 Å². The lowest BCUT2D eigenvalue weighted by Crippen LogP contribution is -2.26. The lowest BCUT2D eigenvalue weighted by Gasteiger charge is -2.18. The Balaban J connectivity index is 1.64. The van der Waals surface area contributed by atoms with Gasteiger partial charge in [0.05, 0.1) is 12.0 Å². The summed E-state index contributed by atoms with van der Waals surface area (Å²) in [4.78, 5) is 14.1. The number of benzene rings is 3. The average Bonchev–Trinajstić information content (AvgIpc) is 2.80. The lowest BCUT2D eigenvalue weighted by molar-refractivity contribution is -0.0498. The molecule has 3 aromatic rings. The molecular formula is C23H22F2N2O5S. The topological polar surface area (TPSA) is 84.9 Å². The van der Waals surface area contributed by atoms with Crippen LogP contribution in [0.5, 0.6) is 11.5 Å². The number of hydrogen-bond donors (Lipinski definition) is 1. The molecule has 174 valence electrons. The fourth-order valence-electron chi connectivity index (χ4n) is 2.99. The van der Waals surface area contributed by atoms with Gasteiger partial charge in [-0.3, -0.25) is 9.52 Å². The molecule has 0 saturated carbocycles. The first-order chi connectivity index (χ1) is 15.7. The van der Waals surface area contributed by atoms with Crippen molar-refractivity contribution in [1.29, 1.82) is 0 Å². The molecule has 7 nitrogen and oxygen atoms in total. The zero-order valence-electron chi connectivity index (χ0n) is 17.9. The van der Waals surface area contributed by atoms with E-state index in [9.17, 15) is 22.0 Å². The quantitative estimate of drug-likeness (QED) is 0.496. The van der Waals surface area contributed by atoms with E-state index in [1.165, 1.54) is 48.4 Å². The van der Waals surface area contributed by atoms with E-state index >= 15 is 0 Å². The van der Waals surface area contributed by atoms with Gasteiger partial charge in [0.15, 0.2) is 0 Å². The highest BCUT2D eigenvalue weighted by molar-refractivity contribution is 7.92. The van der Waals surface area contributed by atoms with Gasteiger partial charge in [-0.15, -0.1) is 0 Å². The largest absolute Gasteiger partial charge is 0.497 e. The summed E-state index contributed by atoms with van der Waals surface area (Å²) < 4.78 is 61.5. The number of amides is 1. The number of carbonyl (C=O) groups excluding carboxylic acids is 1. The van der Waals surface area contributed by atoms with Crippen molar-refractivity contribution < 1.29 is 31.5 Å². The third-order valence-corrected chi connectivity index (χ3v) is 6.07. The van der Waals surface area contributed by atoms with Crippen LogP contribution in [0, 0.1) is 0 Å². The lowest BCUT2D eigenvalue weighted by atomic mass is 10.1. The minimum absolute atomic E-state index is 0.00661. The van der Waals surface area contributed by atoms with Gasteiger partial charge < -0.3 is 14.4 Å². The normalized spacial score (nSPS) is 11.2. The van der Waals surface area contributed by atoms with Crippen LogP contribution in [0.25, 0.3) is 0 Å². The second-order valence-electron chi connectivity index (χ2n) is 7.04. The standard InChI is InChI=1S/C23H22F2N2O5S/c1-27(15-16-3-9-20(10-4-16)32-23(24)25)22(28)17-5-13-21(14-6-17)33(29,30)26-18-7-11-19(31-2)12-8-18/h3-14,23,26H,15H2,1-2H3. The fraction of sp³-hybridized carbons (Fsp3) is 0.174. The summed E-state index contributed by atoms with van der Waals surface area (Å²) in [5.74, 6) is 0.306. The van der Waals surface area contributed by atoms with Crippen molar-refractivity contribution in [2.45, 2.75) is 18.1 Å². The highest BCUT2D eigenvalue weighted by Gasteiger charge is 2.17. The van der Waals surface area contributed by atoms with Crippen LogP contribution in [0.15, 0.2) is 77.7 Å². The number of methoxy groups -OCH3 is 1. The highest BCUT2D eigenvalue weighted by atomic mass is 32.2. The smallest absolute Gasteiger partial charge is 0.387 e. The van der Waals surface area contributed by atoms with Gasteiger partial charge in [-0.25, -0.2) is 8.42 Å². The maximum absolute atomic E-state index is 12.7. The minimum atomic E-state index is -3.84. The number of anilines is 1. The van der Waals surface area contributed by atoms with E-state index in [2.05, 4.69) is 9.46 Å². The van der Waals surface area contributed by atoms with E-state index in [4.69, 9.17) is 4.74 Å². The molecule has 0 heterocycles. The van der Waals surface area contributed by atoms with Gasteiger partial charge in [0, 0.05) is 24.8 Å². The number of nitrogens with one attached hydrogen (secondary N) is 1. The molecule has 33 heavy (non-hydrogen) atoms. The van der Waals surface area contributed by atoms with E-state index in [1.54, 1.807) is 43.4 Å². The van der Waals surface area contributed by atoms with E-state index in [1.807, 2.05) is 0 Å². The van der Waals surface area contributed by atoms with Crippen LogP contribution in [0.2, 0.25) is 0 Å². The molecule has 0 radical (unpaired) electrons.